The van der Waals surface area contributed by atoms with E-state index in [-0.39, 0.29) is 6.04 Å². The quantitative estimate of drug-likeness (QED) is 0.896. The van der Waals surface area contributed by atoms with E-state index < -0.39 is 0 Å². The Morgan fingerprint density at radius 2 is 1.94 bits per heavy atom. The molecule has 1 aromatic heterocycles. The zero-order valence-electron chi connectivity index (χ0n) is 10.8. The van der Waals surface area contributed by atoms with Crippen LogP contribution in [0.5, 0.6) is 5.75 Å². The van der Waals surface area contributed by atoms with Crippen LogP contribution in [0, 0.1) is 6.92 Å². The fourth-order valence-electron chi connectivity index (χ4n) is 1.88. The van der Waals surface area contributed by atoms with E-state index in [1.54, 1.807) is 19.5 Å². The van der Waals surface area contributed by atoms with Crippen molar-refractivity contribution in [1.29, 1.82) is 0 Å². The van der Waals surface area contributed by atoms with Crippen LogP contribution in [0.25, 0.3) is 0 Å². The molecule has 18 heavy (non-hydrogen) atoms. The first-order valence-electron chi connectivity index (χ1n) is 5.87. The Morgan fingerprint density at radius 1 is 1.22 bits per heavy atom. The summed E-state index contributed by atoms with van der Waals surface area (Å²) in [6, 6.07) is 6.33. The summed E-state index contributed by atoms with van der Waals surface area (Å²) in [5, 5.41) is 3.35. The van der Waals surface area contributed by atoms with Gasteiger partial charge in [0.25, 0.3) is 0 Å². The molecule has 0 aliphatic carbocycles. The number of aryl methyl sites for hydroxylation is 1. The van der Waals surface area contributed by atoms with Crippen LogP contribution in [0.4, 0.5) is 5.69 Å². The van der Waals surface area contributed by atoms with Crippen molar-refractivity contribution in [3.8, 4) is 5.75 Å². The van der Waals surface area contributed by atoms with Gasteiger partial charge in [0.05, 0.1) is 31.2 Å². The van der Waals surface area contributed by atoms with Crippen molar-refractivity contribution in [2.45, 2.75) is 19.9 Å². The Morgan fingerprint density at radius 3 is 2.61 bits per heavy atom. The van der Waals surface area contributed by atoms with Gasteiger partial charge < -0.3 is 10.1 Å². The largest absolute Gasteiger partial charge is 0.496 e. The van der Waals surface area contributed by atoms with Gasteiger partial charge in [0.15, 0.2) is 0 Å². The lowest BCUT2D eigenvalue weighted by atomic mass is 10.0. The fraction of sp³-hybridized carbons (Fsp3) is 0.286. The standard InChI is InChI=1S/C14H17N3O/c1-10-4-5-13(14(6-10)18-3)11(2)17-12-7-15-9-16-8-12/h4-9,11,17H,1-3H3. The van der Waals surface area contributed by atoms with Crippen LogP contribution in [0.2, 0.25) is 0 Å². The second-order valence-corrected chi connectivity index (χ2v) is 4.24. The molecule has 2 rings (SSSR count). The van der Waals surface area contributed by atoms with Gasteiger partial charge in [0.2, 0.25) is 0 Å². The van der Waals surface area contributed by atoms with Crippen molar-refractivity contribution in [1.82, 2.24) is 9.97 Å². The molecule has 0 fully saturated rings. The second kappa shape index (κ2) is 5.49. The molecule has 1 unspecified atom stereocenters. The first-order chi connectivity index (χ1) is 8.70. The van der Waals surface area contributed by atoms with Crippen LogP contribution in [0.1, 0.15) is 24.1 Å². The maximum atomic E-state index is 5.41. The number of hydrogen-bond acceptors (Lipinski definition) is 4. The number of aromatic nitrogens is 2. The topological polar surface area (TPSA) is 47.0 Å². The summed E-state index contributed by atoms with van der Waals surface area (Å²) in [7, 11) is 1.69. The van der Waals surface area contributed by atoms with Gasteiger partial charge in [-0.25, -0.2) is 9.97 Å². The molecule has 0 aliphatic rings. The molecule has 4 nitrogen and oxygen atoms in total. The van der Waals surface area contributed by atoms with Crippen LogP contribution in [-0.2, 0) is 0 Å². The van der Waals surface area contributed by atoms with E-state index in [9.17, 15) is 0 Å². The molecule has 1 N–H and O–H groups in total. The van der Waals surface area contributed by atoms with E-state index in [0.717, 1.165) is 17.0 Å². The Kier molecular flexibility index (Phi) is 3.77. The summed E-state index contributed by atoms with van der Waals surface area (Å²) in [4.78, 5) is 7.97. The molecule has 2 aromatic rings. The Balaban J connectivity index is 2.21. The first kappa shape index (κ1) is 12.4. The minimum absolute atomic E-state index is 0.131. The molecule has 0 bridgehead atoms. The van der Waals surface area contributed by atoms with Crippen LogP contribution >= 0.6 is 0 Å². The van der Waals surface area contributed by atoms with Gasteiger partial charge >= 0.3 is 0 Å². The average Bonchev–Trinajstić information content (AvgIpc) is 2.39. The normalized spacial score (nSPS) is 11.9. The molecule has 0 saturated heterocycles. The van der Waals surface area contributed by atoms with E-state index in [4.69, 9.17) is 4.74 Å². The molecule has 0 amide bonds. The fourth-order valence-corrected chi connectivity index (χ4v) is 1.88. The monoisotopic (exact) mass is 243 g/mol. The zero-order valence-corrected chi connectivity index (χ0v) is 10.8. The third-order valence-corrected chi connectivity index (χ3v) is 2.80. The molecule has 1 atom stereocenters. The van der Waals surface area contributed by atoms with Crippen molar-refractivity contribution in [2.75, 3.05) is 12.4 Å². The molecular formula is C14H17N3O. The predicted molar refractivity (Wildman–Crippen MR) is 71.8 cm³/mol. The van der Waals surface area contributed by atoms with Crippen molar-refractivity contribution >= 4 is 5.69 Å². The highest BCUT2D eigenvalue weighted by molar-refractivity contribution is 5.45. The Labute approximate surface area is 107 Å². The molecule has 4 heteroatoms. The lowest BCUT2D eigenvalue weighted by molar-refractivity contribution is 0.407. The average molecular weight is 243 g/mol. The number of methoxy groups -OCH3 is 1. The lowest BCUT2D eigenvalue weighted by Gasteiger charge is -2.18. The summed E-state index contributed by atoms with van der Waals surface area (Å²) in [6.45, 7) is 4.13. The third-order valence-electron chi connectivity index (χ3n) is 2.80. The van der Waals surface area contributed by atoms with E-state index in [0.29, 0.717) is 0 Å². The van der Waals surface area contributed by atoms with E-state index in [1.165, 1.54) is 11.9 Å². The summed E-state index contributed by atoms with van der Waals surface area (Å²) < 4.78 is 5.41. The van der Waals surface area contributed by atoms with Crippen molar-refractivity contribution in [3.05, 3.63) is 48.0 Å². The van der Waals surface area contributed by atoms with Gasteiger partial charge in [-0.05, 0) is 25.5 Å². The SMILES string of the molecule is COc1cc(C)ccc1C(C)Nc1cncnc1. The minimum Gasteiger partial charge on any atom is -0.496 e. The van der Waals surface area contributed by atoms with Crippen molar-refractivity contribution in [3.63, 3.8) is 0 Å². The van der Waals surface area contributed by atoms with Crippen molar-refractivity contribution in [2.24, 2.45) is 0 Å². The zero-order chi connectivity index (χ0) is 13.0. The van der Waals surface area contributed by atoms with Gasteiger partial charge in [-0.1, -0.05) is 12.1 Å². The summed E-state index contributed by atoms with van der Waals surface area (Å²) in [5.41, 5.74) is 3.20. The van der Waals surface area contributed by atoms with Crippen LogP contribution in [-0.4, -0.2) is 17.1 Å². The summed E-state index contributed by atoms with van der Waals surface area (Å²) in [6.07, 6.45) is 5.02. The van der Waals surface area contributed by atoms with Gasteiger partial charge in [-0.2, -0.15) is 0 Å². The number of nitrogens with zero attached hydrogens (tertiary/aromatic N) is 2. The molecule has 94 valence electrons. The molecular weight excluding hydrogens is 226 g/mol. The van der Waals surface area contributed by atoms with E-state index in [2.05, 4.69) is 41.3 Å². The maximum Gasteiger partial charge on any atom is 0.124 e. The highest BCUT2D eigenvalue weighted by Crippen LogP contribution is 2.28. The maximum absolute atomic E-state index is 5.41. The van der Waals surface area contributed by atoms with Crippen LogP contribution < -0.4 is 10.1 Å². The number of anilines is 1. The summed E-state index contributed by atoms with van der Waals surface area (Å²) >= 11 is 0. The highest BCUT2D eigenvalue weighted by atomic mass is 16.5. The number of benzene rings is 1. The Hall–Kier alpha value is -2.10. The third kappa shape index (κ3) is 2.77. The number of hydrogen-bond donors (Lipinski definition) is 1. The smallest absolute Gasteiger partial charge is 0.124 e. The second-order valence-electron chi connectivity index (χ2n) is 4.24. The minimum atomic E-state index is 0.131. The predicted octanol–water partition coefficient (Wildman–Crippen LogP) is 2.97. The van der Waals surface area contributed by atoms with Gasteiger partial charge in [0.1, 0.15) is 12.1 Å². The first-order valence-corrected chi connectivity index (χ1v) is 5.87. The number of ether oxygens (including phenoxy) is 1. The molecule has 1 heterocycles. The van der Waals surface area contributed by atoms with E-state index >= 15 is 0 Å². The molecule has 0 spiro atoms. The molecule has 0 aliphatic heterocycles. The van der Waals surface area contributed by atoms with Crippen LogP contribution in [0.3, 0.4) is 0 Å². The summed E-state index contributed by atoms with van der Waals surface area (Å²) in [5.74, 6) is 0.895. The van der Waals surface area contributed by atoms with Gasteiger partial charge in [-0.3, -0.25) is 0 Å². The number of nitrogens with one attached hydrogen (secondary N) is 1. The van der Waals surface area contributed by atoms with Gasteiger partial charge in [-0.15, -0.1) is 0 Å². The Bertz CT molecular complexity index is 514. The van der Waals surface area contributed by atoms with Crippen LogP contribution in [0.15, 0.2) is 36.9 Å². The molecule has 0 radical (unpaired) electrons. The molecule has 0 saturated carbocycles. The number of rotatable bonds is 4. The van der Waals surface area contributed by atoms with E-state index in [1.807, 2.05) is 6.07 Å². The molecule has 1 aromatic carbocycles. The van der Waals surface area contributed by atoms with Gasteiger partial charge in [0, 0.05) is 5.56 Å². The highest BCUT2D eigenvalue weighted by Gasteiger charge is 2.11. The van der Waals surface area contributed by atoms with Crippen molar-refractivity contribution < 1.29 is 4.74 Å². The lowest BCUT2D eigenvalue weighted by Crippen LogP contribution is -2.08.